The van der Waals surface area contributed by atoms with Gasteiger partial charge in [-0.25, -0.2) is 4.39 Å². The summed E-state index contributed by atoms with van der Waals surface area (Å²) in [6, 6.07) is 8.06. The van der Waals surface area contributed by atoms with Crippen molar-refractivity contribution in [1.82, 2.24) is 0 Å². The number of allylic oxidation sites excluding steroid dienone is 2. The fourth-order valence-electron chi connectivity index (χ4n) is 6.29. The van der Waals surface area contributed by atoms with Crippen LogP contribution in [0.3, 0.4) is 0 Å². The van der Waals surface area contributed by atoms with E-state index in [-0.39, 0.29) is 5.82 Å². The molecule has 3 atom stereocenters. The molecule has 0 radical (unpaired) electrons. The Balaban J connectivity index is 1.08. The fourth-order valence-corrected chi connectivity index (χ4v) is 6.29. The number of fused-ring (bicyclic) bond motifs is 2. The molecule has 2 N–H and O–H groups in total. The second-order valence-electron chi connectivity index (χ2n) is 9.37. The topological polar surface area (TPSA) is 12.1 Å². The highest BCUT2D eigenvalue weighted by Gasteiger charge is 2.39. The van der Waals surface area contributed by atoms with E-state index in [1.165, 1.54) is 45.3 Å². The van der Waals surface area contributed by atoms with Crippen molar-refractivity contribution in [1.29, 1.82) is 0 Å². The summed E-state index contributed by atoms with van der Waals surface area (Å²) in [5.41, 5.74) is 0.788. The van der Waals surface area contributed by atoms with Gasteiger partial charge in [-0.2, -0.15) is 0 Å². The average molecular weight is 372 g/mol. The van der Waals surface area contributed by atoms with E-state index in [1.54, 1.807) is 17.0 Å². The van der Waals surface area contributed by atoms with Crippen molar-refractivity contribution in [3.8, 4) is 0 Å². The number of likely N-dealkylation sites (tertiary alicyclic amines) is 1. The number of hydrogen-bond acceptors (Lipinski definition) is 1. The minimum atomic E-state index is -0.0756. The second kappa shape index (κ2) is 7.56. The summed E-state index contributed by atoms with van der Waals surface area (Å²) in [6.45, 7) is 8.43. The van der Waals surface area contributed by atoms with E-state index < -0.39 is 0 Å². The third kappa shape index (κ3) is 3.66. The Labute approximate surface area is 162 Å². The Kier molecular flexibility index (Phi) is 4.95. The van der Waals surface area contributed by atoms with Crippen molar-refractivity contribution in [2.45, 2.75) is 31.7 Å². The number of anilines is 1. The van der Waals surface area contributed by atoms with Crippen LogP contribution in [0.2, 0.25) is 0 Å². The number of para-hydroxylation sites is 1. The van der Waals surface area contributed by atoms with Gasteiger partial charge < -0.3 is 14.7 Å². The van der Waals surface area contributed by atoms with Crippen molar-refractivity contribution in [2.75, 3.05) is 50.7 Å². The molecule has 146 valence electrons. The maximum Gasteiger partial charge on any atom is 0.146 e. The minimum Gasteiger partial charge on any atom is -0.358 e. The number of nitrogens with one attached hydrogen (secondary N) is 2. The quantitative estimate of drug-likeness (QED) is 0.746. The lowest BCUT2D eigenvalue weighted by Crippen LogP contribution is -3.22. The highest BCUT2D eigenvalue weighted by molar-refractivity contribution is 5.47. The molecule has 2 heterocycles. The molecule has 2 saturated heterocycles. The summed E-state index contributed by atoms with van der Waals surface area (Å²) >= 11 is 0. The first-order valence-corrected chi connectivity index (χ1v) is 11.1. The lowest BCUT2D eigenvalue weighted by Gasteiger charge is -2.40. The molecule has 0 unspecified atom stereocenters. The third-order valence-corrected chi connectivity index (χ3v) is 7.84. The molecule has 0 spiro atoms. The molecule has 0 aromatic heterocycles. The molecule has 1 aromatic rings. The van der Waals surface area contributed by atoms with Crippen molar-refractivity contribution in [2.24, 2.45) is 17.8 Å². The van der Waals surface area contributed by atoms with Gasteiger partial charge in [-0.1, -0.05) is 24.3 Å². The highest BCUT2D eigenvalue weighted by Crippen LogP contribution is 2.42. The summed E-state index contributed by atoms with van der Waals surface area (Å²) in [7, 11) is 0. The summed E-state index contributed by atoms with van der Waals surface area (Å²) in [5, 5.41) is 0. The smallest absolute Gasteiger partial charge is 0.146 e. The maximum absolute atomic E-state index is 14.0. The first-order chi connectivity index (χ1) is 13.3. The number of piperidine rings is 1. The second-order valence-corrected chi connectivity index (χ2v) is 9.37. The molecule has 0 amide bonds. The number of halogens is 1. The zero-order valence-corrected chi connectivity index (χ0v) is 16.4. The molecule has 3 nitrogen and oxygen atoms in total. The summed E-state index contributed by atoms with van der Waals surface area (Å²) in [6.07, 6.45) is 10.6. The van der Waals surface area contributed by atoms with E-state index in [9.17, 15) is 4.39 Å². The molecule has 1 saturated carbocycles. The zero-order chi connectivity index (χ0) is 18.2. The van der Waals surface area contributed by atoms with Crippen LogP contribution in [0.1, 0.15) is 25.7 Å². The van der Waals surface area contributed by atoms with Crippen LogP contribution in [0.5, 0.6) is 0 Å². The third-order valence-electron chi connectivity index (χ3n) is 7.84. The van der Waals surface area contributed by atoms with E-state index in [1.807, 2.05) is 17.0 Å². The molecule has 1 aromatic carbocycles. The molecule has 3 fully saturated rings. The van der Waals surface area contributed by atoms with Gasteiger partial charge in [-0.3, -0.25) is 0 Å². The molecule has 27 heavy (non-hydrogen) atoms. The van der Waals surface area contributed by atoms with Crippen LogP contribution < -0.4 is 14.7 Å². The van der Waals surface area contributed by atoms with Gasteiger partial charge in [0.25, 0.3) is 0 Å². The van der Waals surface area contributed by atoms with Gasteiger partial charge in [0.15, 0.2) is 0 Å². The van der Waals surface area contributed by atoms with Crippen LogP contribution in [0.25, 0.3) is 0 Å². The normalized spacial score (nSPS) is 36.5. The lowest BCUT2D eigenvalue weighted by atomic mass is 9.92. The van der Waals surface area contributed by atoms with Crippen LogP contribution in [0.4, 0.5) is 10.1 Å². The summed E-state index contributed by atoms with van der Waals surface area (Å²) in [4.78, 5) is 5.87. The predicted octanol–water partition coefficient (Wildman–Crippen LogP) is 0.790. The SMILES string of the molecule is Fc1ccccc1N1CC[NH+](C2CC[NH+](C[C@@H]3C[C@@H]4C=C[C@H]3C4)CC2)CC1. The first-order valence-electron chi connectivity index (χ1n) is 11.1. The molecule has 2 aliphatic carbocycles. The maximum atomic E-state index is 14.0. The Hall–Kier alpha value is -1.39. The van der Waals surface area contributed by atoms with Gasteiger partial charge in [0.2, 0.25) is 0 Å². The van der Waals surface area contributed by atoms with Crippen LogP contribution in [0, 0.1) is 23.6 Å². The largest absolute Gasteiger partial charge is 0.358 e. The van der Waals surface area contributed by atoms with Gasteiger partial charge in [0.05, 0.1) is 57.5 Å². The van der Waals surface area contributed by atoms with Gasteiger partial charge in [0.1, 0.15) is 5.82 Å². The Morgan fingerprint density at radius 3 is 2.41 bits per heavy atom. The van der Waals surface area contributed by atoms with Crippen molar-refractivity contribution in [3.63, 3.8) is 0 Å². The summed E-state index contributed by atoms with van der Waals surface area (Å²) < 4.78 is 14.0. The van der Waals surface area contributed by atoms with E-state index in [0.717, 1.165) is 55.7 Å². The van der Waals surface area contributed by atoms with Gasteiger partial charge in [-0.05, 0) is 36.8 Å². The number of benzene rings is 1. The van der Waals surface area contributed by atoms with Gasteiger partial charge in [0, 0.05) is 18.8 Å². The molecule has 2 aliphatic heterocycles. The van der Waals surface area contributed by atoms with E-state index >= 15 is 0 Å². The van der Waals surface area contributed by atoms with Crippen LogP contribution in [-0.2, 0) is 0 Å². The number of rotatable bonds is 4. The molecule has 4 aliphatic rings. The highest BCUT2D eigenvalue weighted by atomic mass is 19.1. The number of piperazine rings is 1. The van der Waals surface area contributed by atoms with Crippen LogP contribution in [-0.4, -0.2) is 51.9 Å². The number of quaternary nitrogens is 2. The van der Waals surface area contributed by atoms with E-state index in [0.29, 0.717) is 0 Å². The number of hydrogen-bond donors (Lipinski definition) is 2. The minimum absolute atomic E-state index is 0.0756. The zero-order valence-electron chi connectivity index (χ0n) is 16.4. The molecular formula is C23H34FN3+2. The molecule has 5 rings (SSSR count). The molecular weight excluding hydrogens is 337 g/mol. The molecule has 2 bridgehead atoms. The number of nitrogens with zero attached hydrogens (tertiary/aromatic N) is 1. The van der Waals surface area contributed by atoms with Crippen LogP contribution in [0.15, 0.2) is 36.4 Å². The van der Waals surface area contributed by atoms with Gasteiger partial charge in [-0.15, -0.1) is 0 Å². The van der Waals surface area contributed by atoms with Gasteiger partial charge >= 0.3 is 0 Å². The van der Waals surface area contributed by atoms with Crippen molar-refractivity contribution >= 4 is 5.69 Å². The summed E-state index contributed by atoms with van der Waals surface area (Å²) in [5.74, 6) is 2.70. The first kappa shape index (κ1) is 17.7. The van der Waals surface area contributed by atoms with Crippen molar-refractivity contribution in [3.05, 3.63) is 42.2 Å². The monoisotopic (exact) mass is 371 g/mol. The van der Waals surface area contributed by atoms with Crippen molar-refractivity contribution < 1.29 is 14.2 Å². The Morgan fingerprint density at radius 1 is 0.963 bits per heavy atom. The Morgan fingerprint density at radius 2 is 1.74 bits per heavy atom. The predicted molar refractivity (Wildman–Crippen MR) is 107 cm³/mol. The molecule has 4 heteroatoms. The van der Waals surface area contributed by atoms with E-state index in [2.05, 4.69) is 17.1 Å². The average Bonchev–Trinajstić information content (AvgIpc) is 3.32. The van der Waals surface area contributed by atoms with Crippen LogP contribution >= 0.6 is 0 Å². The van der Waals surface area contributed by atoms with E-state index in [4.69, 9.17) is 0 Å². The fraction of sp³-hybridized carbons (Fsp3) is 0.652. The lowest BCUT2D eigenvalue weighted by molar-refractivity contribution is -0.959. The standard InChI is InChI=1S/C23H32FN3/c24-22-3-1-2-4-23(22)27-13-11-26(12-14-27)21-7-9-25(10-8-21)17-20-16-18-5-6-19(20)15-18/h1-6,18-21H,7-17H2/p+2/t18-,19+,20+/m1/s1. The Bertz CT molecular complexity index is 674.